The summed E-state index contributed by atoms with van der Waals surface area (Å²) in [5.74, 6) is 0.103. The molecule has 128 valence electrons. The molecule has 3 aromatic rings. The minimum atomic E-state index is 0.0514. The maximum absolute atomic E-state index is 12.4. The fourth-order valence-electron chi connectivity index (χ4n) is 3.77. The van der Waals surface area contributed by atoms with E-state index in [9.17, 15) is 4.79 Å². The number of aryl methyl sites for hydroxylation is 2. The average molecular weight is 353 g/mol. The SMILES string of the molecule is O=C(CCc1ccccc1)NC1CCCc2c1[nH]c1c(Cl)cccc21. The predicted molar refractivity (Wildman–Crippen MR) is 102 cm³/mol. The summed E-state index contributed by atoms with van der Waals surface area (Å²) < 4.78 is 0. The number of rotatable bonds is 4. The van der Waals surface area contributed by atoms with Crippen molar-refractivity contribution in [2.24, 2.45) is 0 Å². The first-order valence-electron chi connectivity index (χ1n) is 8.84. The molecule has 0 aliphatic heterocycles. The summed E-state index contributed by atoms with van der Waals surface area (Å²) in [6.07, 6.45) is 4.36. The molecular formula is C21H21ClN2O. The number of carbonyl (C=O) groups is 1. The Kier molecular flexibility index (Phi) is 4.50. The van der Waals surface area contributed by atoms with Crippen LogP contribution >= 0.6 is 11.6 Å². The van der Waals surface area contributed by atoms with Gasteiger partial charge in [0.1, 0.15) is 0 Å². The highest BCUT2D eigenvalue weighted by Crippen LogP contribution is 2.36. The Morgan fingerprint density at radius 2 is 2.00 bits per heavy atom. The second kappa shape index (κ2) is 6.93. The van der Waals surface area contributed by atoms with Crippen LogP contribution in [0.5, 0.6) is 0 Å². The first-order chi connectivity index (χ1) is 12.2. The molecule has 4 heteroatoms. The summed E-state index contributed by atoms with van der Waals surface area (Å²) in [6, 6.07) is 16.2. The highest BCUT2D eigenvalue weighted by molar-refractivity contribution is 6.35. The van der Waals surface area contributed by atoms with Gasteiger partial charge in [-0.2, -0.15) is 0 Å². The van der Waals surface area contributed by atoms with Gasteiger partial charge in [0.25, 0.3) is 0 Å². The van der Waals surface area contributed by atoms with Crippen molar-refractivity contribution in [2.45, 2.75) is 38.1 Å². The van der Waals surface area contributed by atoms with Gasteiger partial charge in [0.2, 0.25) is 5.91 Å². The van der Waals surface area contributed by atoms with Gasteiger partial charge in [0.05, 0.1) is 16.6 Å². The number of halogens is 1. The topological polar surface area (TPSA) is 44.9 Å². The van der Waals surface area contributed by atoms with Crippen LogP contribution in [0.4, 0.5) is 0 Å². The lowest BCUT2D eigenvalue weighted by molar-refractivity contribution is -0.121. The minimum Gasteiger partial charge on any atom is -0.355 e. The van der Waals surface area contributed by atoms with Crippen molar-refractivity contribution in [3.8, 4) is 0 Å². The van der Waals surface area contributed by atoms with E-state index in [-0.39, 0.29) is 11.9 Å². The molecule has 4 rings (SSSR count). The molecule has 0 saturated heterocycles. The van der Waals surface area contributed by atoms with Crippen LogP contribution in [0.25, 0.3) is 10.9 Å². The number of amides is 1. The monoisotopic (exact) mass is 352 g/mol. The zero-order chi connectivity index (χ0) is 17.2. The number of para-hydroxylation sites is 1. The smallest absolute Gasteiger partial charge is 0.220 e. The molecule has 0 saturated carbocycles. The molecular weight excluding hydrogens is 332 g/mol. The zero-order valence-corrected chi connectivity index (χ0v) is 14.8. The maximum atomic E-state index is 12.4. The number of benzene rings is 2. The molecule has 1 unspecified atom stereocenters. The van der Waals surface area contributed by atoms with Crippen molar-refractivity contribution < 1.29 is 4.79 Å². The van der Waals surface area contributed by atoms with Crippen LogP contribution in [0.2, 0.25) is 5.02 Å². The third-order valence-electron chi connectivity index (χ3n) is 5.01. The third-order valence-corrected chi connectivity index (χ3v) is 5.33. The molecule has 25 heavy (non-hydrogen) atoms. The molecule has 1 aromatic heterocycles. The first kappa shape index (κ1) is 16.2. The van der Waals surface area contributed by atoms with Gasteiger partial charge in [-0.25, -0.2) is 0 Å². The third kappa shape index (κ3) is 3.29. The molecule has 2 aromatic carbocycles. The van der Waals surface area contributed by atoms with Gasteiger partial charge in [-0.1, -0.05) is 54.1 Å². The van der Waals surface area contributed by atoms with Crippen LogP contribution in [0, 0.1) is 0 Å². The molecule has 0 radical (unpaired) electrons. The standard InChI is InChI=1S/C21H21ClN2O/c22-17-10-4-8-15-16-9-5-11-18(21(16)24-20(15)17)23-19(25)13-12-14-6-2-1-3-7-14/h1-4,6-8,10,18,24H,5,9,11-13H2,(H,23,25). The summed E-state index contributed by atoms with van der Waals surface area (Å²) in [5, 5.41) is 5.14. The lowest BCUT2D eigenvalue weighted by Crippen LogP contribution is -2.31. The van der Waals surface area contributed by atoms with E-state index in [2.05, 4.69) is 28.5 Å². The van der Waals surface area contributed by atoms with Gasteiger partial charge in [-0.3, -0.25) is 4.79 Å². The van der Waals surface area contributed by atoms with Crippen LogP contribution in [0.15, 0.2) is 48.5 Å². The molecule has 0 bridgehead atoms. The van der Waals surface area contributed by atoms with Crippen LogP contribution in [-0.4, -0.2) is 10.9 Å². The van der Waals surface area contributed by atoms with Crippen LogP contribution in [0.3, 0.4) is 0 Å². The van der Waals surface area contributed by atoms with Gasteiger partial charge in [-0.05, 0) is 42.9 Å². The maximum Gasteiger partial charge on any atom is 0.220 e. The highest BCUT2D eigenvalue weighted by atomic mass is 35.5. The average Bonchev–Trinajstić information content (AvgIpc) is 3.02. The van der Waals surface area contributed by atoms with Gasteiger partial charge < -0.3 is 10.3 Å². The Balaban J connectivity index is 1.50. The Morgan fingerprint density at radius 1 is 1.16 bits per heavy atom. The Bertz CT molecular complexity index is 901. The number of hydrogen-bond donors (Lipinski definition) is 2. The van der Waals surface area contributed by atoms with Crippen LogP contribution in [-0.2, 0) is 17.6 Å². The van der Waals surface area contributed by atoms with E-state index >= 15 is 0 Å². The molecule has 2 N–H and O–H groups in total. The molecule has 1 aliphatic carbocycles. The lowest BCUT2D eigenvalue weighted by Gasteiger charge is -2.24. The zero-order valence-electron chi connectivity index (χ0n) is 14.0. The summed E-state index contributed by atoms with van der Waals surface area (Å²) >= 11 is 6.33. The van der Waals surface area contributed by atoms with E-state index in [1.807, 2.05) is 30.3 Å². The first-order valence-corrected chi connectivity index (χ1v) is 9.22. The fourth-order valence-corrected chi connectivity index (χ4v) is 3.99. The van der Waals surface area contributed by atoms with E-state index in [1.165, 1.54) is 16.5 Å². The van der Waals surface area contributed by atoms with E-state index in [1.54, 1.807) is 0 Å². The molecule has 3 nitrogen and oxygen atoms in total. The number of aromatic amines is 1. The van der Waals surface area contributed by atoms with E-state index in [0.717, 1.165) is 41.9 Å². The summed E-state index contributed by atoms with van der Waals surface area (Å²) in [6.45, 7) is 0. The number of nitrogens with one attached hydrogen (secondary N) is 2. The second-order valence-corrected chi connectivity index (χ2v) is 7.08. The lowest BCUT2D eigenvalue weighted by atomic mass is 9.91. The minimum absolute atomic E-state index is 0.0514. The summed E-state index contributed by atoms with van der Waals surface area (Å²) in [5.41, 5.74) is 4.61. The van der Waals surface area contributed by atoms with Gasteiger partial charge in [0, 0.05) is 17.5 Å². The molecule has 0 fully saturated rings. The van der Waals surface area contributed by atoms with Crippen molar-refractivity contribution in [1.29, 1.82) is 0 Å². The number of H-pyrrole nitrogens is 1. The molecule has 0 spiro atoms. The fraction of sp³-hybridized carbons (Fsp3) is 0.286. The van der Waals surface area contributed by atoms with Crippen LogP contribution in [0.1, 0.15) is 42.1 Å². The number of carbonyl (C=O) groups excluding carboxylic acids is 1. The predicted octanol–water partition coefficient (Wildman–Crippen LogP) is 4.95. The quantitative estimate of drug-likeness (QED) is 0.685. The number of aromatic nitrogens is 1. The Morgan fingerprint density at radius 3 is 2.84 bits per heavy atom. The van der Waals surface area contributed by atoms with Crippen molar-refractivity contribution in [1.82, 2.24) is 10.3 Å². The molecule has 1 aliphatic rings. The molecule has 1 atom stereocenters. The van der Waals surface area contributed by atoms with Crippen molar-refractivity contribution in [3.05, 3.63) is 70.4 Å². The Hall–Kier alpha value is -2.26. The van der Waals surface area contributed by atoms with Gasteiger partial charge in [0.15, 0.2) is 0 Å². The van der Waals surface area contributed by atoms with E-state index in [0.29, 0.717) is 6.42 Å². The molecule has 1 heterocycles. The van der Waals surface area contributed by atoms with Crippen molar-refractivity contribution in [2.75, 3.05) is 0 Å². The van der Waals surface area contributed by atoms with Gasteiger partial charge >= 0.3 is 0 Å². The summed E-state index contributed by atoms with van der Waals surface area (Å²) in [4.78, 5) is 15.9. The number of fused-ring (bicyclic) bond motifs is 3. The van der Waals surface area contributed by atoms with Gasteiger partial charge in [-0.15, -0.1) is 0 Å². The van der Waals surface area contributed by atoms with Crippen LogP contribution < -0.4 is 5.32 Å². The summed E-state index contributed by atoms with van der Waals surface area (Å²) in [7, 11) is 0. The molecule has 1 amide bonds. The van der Waals surface area contributed by atoms with E-state index in [4.69, 9.17) is 11.6 Å². The van der Waals surface area contributed by atoms with Crippen molar-refractivity contribution in [3.63, 3.8) is 0 Å². The normalized spacial score (nSPS) is 16.6. The largest absolute Gasteiger partial charge is 0.355 e. The van der Waals surface area contributed by atoms with Crippen molar-refractivity contribution >= 4 is 28.4 Å². The highest BCUT2D eigenvalue weighted by Gasteiger charge is 2.25. The Labute approximate surface area is 152 Å². The second-order valence-electron chi connectivity index (χ2n) is 6.68. The number of hydrogen-bond acceptors (Lipinski definition) is 1. The van der Waals surface area contributed by atoms with E-state index < -0.39 is 0 Å².